The van der Waals surface area contributed by atoms with Gasteiger partial charge in [-0.25, -0.2) is 15.1 Å². The minimum absolute atomic E-state index is 0.128. The molecule has 0 radical (unpaired) electrons. The quantitative estimate of drug-likeness (QED) is 0.237. The fourth-order valence-electron chi connectivity index (χ4n) is 1.74. The van der Waals surface area contributed by atoms with Crippen LogP contribution in [0.2, 0.25) is 5.02 Å². The van der Waals surface area contributed by atoms with Crippen LogP contribution in [0.25, 0.3) is 0 Å². The highest BCUT2D eigenvalue weighted by molar-refractivity contribution is 7.99. The van der Waals surface area contributed by atoms with Crippen LogP contribution in [0, 0.1) is 0 Å². The molecular formula is C14H13ClN8OS2. The molecule has 0 atom stereocenters. The zero-order valence-electron chi connectivity index (χ0n) is 13.2. The third kappa shape index (κ3) is 4.94. The number of rotatable bonds is 7. The number of hydrazone groups is 1. The van der Waals surface area contributed by atoms with Gasteiger partial charge in [0.1, 0.15) is 0 Å². The number of nitrogen functional groups attached to an aromatic ring is 1. The van der Waals surface area contributed by atoms with E-state index in [1.165, 1.54) is 16.0 Å². The zero-order valence-corrected chi connectivity index (χ0v) is 15.6. The Labute approximate surface area is 161 Å². The molecule has 0 saturated heterocycles. The van der Waals surface area contributed by atoms with Crippen molar-refractivity contribution in [1.82, 2.24) is 19.9 Å². The average molecular weight is 409 g/mol. The molecule has 0 aliphatic heterocycles. The van der Waals surface area contributed by atoms with Crippen LogP contribution in [0.15, 0.2) is 46.1 Å². The average Bonchev–Trinajstić information content (AvgIpc) is 3.25. The van der Waals surface area contributed by atoms with E-state index < -0.39 is 0 Å². The van der Waals surface area contributed by atoms with E-state index in [-0.39, 0.29) is 17.6 Å². The molecule has 2 heterocycles. The summed E-state index contributed by atoms with van der Waals surface area (Å²) in [6.45, 7) is 0. The molecule has 1 amide bonds. The maximum Gasteiger partial charge on any atom is 0.264 e. The molecule has 0 aliphatic carbocycles. The monoisotopic (exact) mass is 408 g/mol. The number of carbonyl (C=O) groups excluding carboxylic acids is 1. The van der Waals surface area contributed by atoms with Gasteiger partial charge in [-0.1, -0.05) is 35.5 Å². The molecule has 26 heavy (non-hydrogen) atoms. The maximum atomic E-state index is 11.8. The summed E-state index contributed by atoms with van der Waals surface area (Å²) < 4.78 is 1.22. The van der Waals surface area contributed by atoms with Crippen LogP contribution < -0.4 is 16.6 Å². The van der Waals surface area contributed by atoms with Gasteiger partial charge in [0.05, 0.1) is 12.0 Å². The van der Waals surface area contributed by atoms with E-state index in [0.29, 0.717) is 15.3 Å². The molecule has 134 valence electrons. The highest BCUT2D eigenvalue weighted by Crippen LogP contribution is 2.18. The number of hydrogen-bond donors (Lipinski definition) is 3. The second-order valence-electron chi connectivity index (χ2n) is 4.77. The number of halogens is 1. The number of nitrogens with zero attached hydrogens (tertiary/aromatic N) is 5. The number of hydrogen-bond acceptors (Lipinski definition) is 9. The fraction of sp³-hybridized carbons (Fsp3) is 0.0714. The minimum atomic E-state index is -0.205. The lowest BCUT2D eigenvalue weighted by Crippen LogP contribution is -2.16. The van der Waals surface area contributed by atoms with Gasteiger partial charge < -0.3 is 11.2 Å². The van der Waals surface area contributed by atoms with Gasteiger partial charge in [0.2, 0.25) is 11.1 Å². The first kappa shape index (κ1) is 18.2. The number of thioether (sulfide) groups is 1. The third-order valence-corrected chi connectivity index (χ3v) is 4.81. The number of anilines is 2. The summed E-state index contributed by atoms with van der Waals surface area (Å²) in [7, 11) is 0. The summed E-state index contributed by atoms with van der Waals surface area (Å²) in [6, 6.07) is 7.17. The second kappa shape index (κ2) is 8.65. The van der Waals surface area contributed by atoms with Crippen molar-refractivity contribution in [2.24, 2.45) is 5.10 Å². The highest BCUT2D eigenvalue weighted by Gasteiger charge is 2.12. The molecule has 4 N–H and O–H groups in total. The van der Waals surface area contributed by atoms with Crippen molar-refractivity contribution in [3.05, 3.63) is 46.4 Å². The van der Waals surface area contributed by atoms with Gasteiger partial charge in [0.25, 0.3) is 5.95 Å². The Kier molecular flexibility index (Phi) is 6.04. The van der Waals surface area contributed by atoms with Crippen LogP contribution in [0.1, 0.15) is 5.56 Å². The maximum absolute atomic E-state index is 11.8. The molecule has 0 bridgehead atoms. The molecule has 3 rings (SSSR count). The molecule has 0 unspecified atom stereocenters. The summed E-state index contributed by atoms with van der Waals surface area (Å²) in [5, 5.41) is 17.9. The summed E-state index contributed by atoms with van der Waals surface area (Å²) >= 11 is 8.32. The van der Waals surface area contributed by atoms with E-state index >= 15 is 0 Å². The van der Waals surface area contributed by atoms with Crippen molar-refractivity contribution in [2.75, 3.05) is 22.3 Å². The Morgan fingerprint density at radius 1 is 1.38 bits per heavy atom. The van der Waals surface area contributed by atoms with Crippen LogP contribution in [-0.2, 0) is 4.79 Å². The molecule has 0 aliphatic rings. The van der Waals surface area contributed by atoms with Gasteiger partial charge in [-0.15, -0.1) is 21.5 Å². The topological polar surface area (TPSA) is 123 Å². The fourth-order valence-corrected chi connectivity index (χ4v) is 3.06. The normalized spacial score (nSPS) is 11.0. The van der Waals surface area contributed by atoms with Crippen LogP contribution in [0.5, 0.6) is 0 Å². The predicted octanol–water partition coefficient (Wildman–Crippen LogP) is 2.28. The third-order valence-electron chi connectivity index (χ3n) is 2.92. The highest BCUT2D eigenvalue weighted by atomic mass is 35.5. The number of amides is 1. The Balaban J connectivity index is 1.52. The lowest BCUT2D eigenvalue weighted by Gasteiger charge is -2.03. The van der Waals surface area contributed by atoms with Crippen molar-refractivity contribution in [3.8, 4) is 0 Å². The smallest absolute Gasteiger partial charge is 0.264 e. The molecule has 1 aromatic carbocycles. The molecule has 0 saturated carbocycles. The molecule has 0 spiro atoms. The molecular weight excluding hydrogens is 396 g/mol. The number of carbonyl (C=O) groups is 1. The van der Waals surface area contributed by atoms with E-state index in [1.54, 1.807) is 29.9 Å². The summed E-state index contributed by atoms with van der Waals surface area (Å²) in [5.41, 5.74) is 3.56. The lowest BCUT2D eigenvalue weighted by atomic mass is 10.2. The van der Waals surface area contributed by atoms with Gasteiger partial charge in [0.15, 0.2) is 5.13 Å². The van der Waals surface area contributed by atoms with E-state index in [2.05, 4.69) is 31.0 Å². The molecule has 2 aromatic heterocycles. The predicted molar refractivity (Wildman–Crippen MR) is 104 cm³/mol. The molecule has 9 nitrogen and oxygen atoms in total. The van der Waals surface area contributed by atoms with Gasteiger partial charge in [-0.2, -0.15) is 5.10 Å². The number of thiazole rings is 1. The van der Waals surface area contributed by atoms with Crippen LogP contribution >= 0.6 is 34.7 Å². The number of benzene rings is 1. The number of nitrogens with one attached hydrogen (secondary N) is 2. The SMILES string of the molecule is Nn1c(N/N=C/c2ccc(Cl)cc2)nnc1SCC(=O)Nc1nccs1. The Hall–Kier alpha value is -2.63. The first-order valence-corrected chi connectivity index (χ1v) is 9.43. The van der Waals surface area contributed by atoms with Gasteiger partial charge in [-0.3, -0.25) is 4.79 Å². The summed E-state index contributed by atoms with van der Waals surface area (Å²) in [4.78, 5) is 15.8. The van der Waals surface area contributed by atoms with E-state index in [1.807, 2.05) is 12.1 Å². The van der Waals surface area contributed by atoms with Crippen molar-refractivity contribution in [2.45, 2.75) is 5.16 Å². The first-order valence-electron chi connectivity index (χ1n) is 7.19. The van der Waals surface area contributed by atoms with Crippen molar-refractivity contribution in [3.63, 3.8) is 0 Å². The molecule has 3 aromatic rings. The summed E-state index contributed by atoms with van der Waals surface area (Å²) in [5.74, 6) is 6.07. The van der Waals surface area contributed by atoms with Crippen molar-refractivity contribution < 1.29 is 4.79 Å². The van der Waals surface area contributed by atoms with Crippen LogP contribution in [0.3, 0.4) is 0 Å². The second-order valence-corrected chi connectivity index (χ2v) is 7.05. The van der Waals surface area contributed by atoms with Crippen LogP contribution in [0.4, 0.5) is 11.1 Å². The van der Waals surface area contributed by atoms with Gasteiger partial charge >= 0.3 is 0 Å². The van der Waals surface area contributed by atoms with Crippen molar-refractivity contribution >= 4 is 57.9 Å². The van der Waals surface area contributed by atoms with E-state index in [0.717, 1.165) is 17.3 Å². The zero-order chi connectivity index (χ0) is 18.4. The lowest BCUT2D eigenvalue weighted by molar-refractivity contribution is -0.113. The largest absolute Gasteiger partial charge is 0.334 e. The minimum Gasteiger partial charge on any atom is -0.334 e. The Morgan fingerprint density at radius 3 is 2.92 bits per heavy atom. The Bertz CT molecular complexity index is 894. The van der Waals surface area contributed by atoms with Gasteiger partial charge in [-0.05, 0) is 17.7 Å². The number of aromatic nitrogens is 4. The van der Waals surface area contributed by atoms with E-state index in [4.69, 9.17) is 17.4 Å². The first-order chi connectivity index (χ1) is 12.6. The Morgan fingerprint density at radius 2 is 2.19 bits per heavy atom. The summed E-state index contributed by atoms with van der Waals surface area (Å²) in [6.07, 6.45) is 3.21. The van der Waals surface area contributed by atoms with E-state index in [9.17, 15) is 4.79 Å². The van der Waals surface area contributed by atoms with Crippen molar-refractivity contribution in [1.29, 1.82) is 0 Å². The van der Waals surface area contributed by atoms with Crippen LogP contribution in [-0.4, -0.2) is 37.7 Å². The van der Waals surface area contributed by atoms with Gasteiger partial charge in [0, 0.05) is 16.6 Å². The number of nitrogens with two attached hydrogens (primary N) is 1. The molecule has 0 fully saturated rings. The standard InChI is InChI=1S/C14H13ClN8OS2/c15-10-3-1-9(2-4-10)7-18-20-12-21-22-14(23(12)16)26-8-11(24)19-13-17-5-6-25-13/h1-7H,8,16H2,(H,20,21)(H,17,19,24)/b18-7+. The molecule has 12 heteroatoms.